The molecule has 1 aromatic heterocycles. The highest BCUT2D eigenvalue weighted by Crippen LogP contribution is 2.27. The van der Waals surface area contributed by atoms with Crippen LogP contribution in [-0.2, 0) is 22.1 Å². The molecule has 0 saturated carbocycles. The first-order chi connectivity index (χ1) is 16.0. The number of nitrogens with zero attached hydrogens (tertiary/aromatic N) is 4. The fourth-order valence-corrected chi connectivity index (χ4v) is 4.39. The van der Waals surface area contributed by atoms with Crippen LogP contribution in [0, 0.1) is 13.8 Å². The number of anilines is 1. The zero-order valence-corrected chi connectivity index (χ0v) is 21.8. The van der Waals surface area contributed by atoms with E-state index in [9.17, 15) is 9.59 Å². The van der Waals surface area contributed by atoms with Crippen molar-refractivity contribution in [3.05, 3.63) is 59.2 Å². The van der Waals surface area contributed by atoms with Crippen LogP contribution in [0.5, 0.6) is 0 Å². The van der Waals surface area contributed by atoms with Gasteiger partial charge in [-0.3, -0.25) is 9.59 Å². The van der Waals surface area contributed by atoms with Gasteiger partial charge in [-0.05, 0) is 36.0 Å². The fraction of sp³-hybridized carbons (Fsp3) is 0.385. The Morgan fingerprint density at radius 1 is 1.03 bits per heavy atom. The second-order valence-corrected chi connectivity index (χ2v) is 10.5. The molecule has 0 saturated heterocycles. The van der Waals surface area contributed by atoms with Crippen LogP contribution in [0.3, 0.4) is 0 Å². The van der Waals surface area contributed by atoms with Crippen LogP contribution in [0.4, 0.5) is 5.69 Å². The first-order valence-electron chi connectivity index (χ1n) is 11.2. The minimum atomic E-state index is -0.224. The van der Waals surface area contributed by atoms with E-state index in [0.29, 0.717) is 5.16 Å². The lowest BCUT2D eigenvalue weighted by Crippen LogP contribution is -2.36. The largest absolute Gasteiger partial charge is 0.336 e. The minimum Gasteiger partial charge on any atom is -0.336 e. The topological polar surface area (TPSA) is 80.1 Å². The lowest BCUT2D eigenvalue weighted by Gasteiger charge is -2.19. The van der Waals surface area contributed by atoms with Gasteiger partial charge in [0.15, 0.2) is 11.0 Å². The zero-order valence-electron chi connectivity index (χ0n) is 21.0. The van der Waals surface area contributed by atoms with Crippen molar-refractivity contribution >= 4 is 29.3 Å². The highest BCUT2D eigenvalue weighted by atomic mass is 32.2. The fourth-order valence-electron chi connectivity index (χ4n) is 3.54. The van der Waals surface area contributed by atoms with Gasteiger partial charge in [0.25, 0.3) is 0 Å². The number of aryl methyl sites for hydroxylation is 2. The van der Waals surface area contributed by atoms with Crippen LogP contribution in [0.25, 0.3) is 11.4 Å². The van der Waals surface area contributed by atoms with Crippen molar-refractivity contribution in [1.82, 2.24) is 19.7 Å². The molecule has 1 heterocycles. The van der Waals surface area contributed by atoms with Crippen molar-refractivity contribution in [2.24, 2.45) is 7.05 Å². The van der Waals surface area contributed by atoms with Crippen molar-refractivity contribution < 1.29 is 9.59 Å². The number of carbonyl (C=O) groups is 2. The summed E-state index contributed by atoms with van der Waals surface area (Å²) in [5.74, 6) is 0.539. The summed E-state index contributed by atoms with van der Waals surface area (Å²) in [6.07, 6.45) is 0. The summed E-state index contributed by atoms with van der Waals surface area (Å²) in [5, 5.41) is 12.1. The maximum atomic E-state index is 12.6. The van der Waals surface area contributed by atoms with E-state index < -0.39 is 0 Å². The second-order valence-electron chi connectivity index (χ2n) is 9.55. The molecule has 180 valence electrons. The molecular formula is C26H33N5O2S. The predicted molar refractivity (Wildman–Crippen MR) is 138 cm³/mol. The molecule has 0 aliphatic rings. The summed E-state index contributed by atoms with van der Waals surface area (Å²) < 4.78 is 1.89. The maximum absolute atomic E-state index is 12.6. The third kappa shape index (κ3) is 6.05. The van der Waals surface area contributed by atoms with Crippen LogP contribution >= 0.6 is 11.8 Å². The number of benzene rings is 2. The number of amides is 2. The molecule has 0 fully saturated rings. The van der Waals surface area contributed by atoms with Crippen LogP contribution in [0.2, 0.25) is 0 Å². The average molecular weight is 480 g/mol. The number of carbonyl (C=O) groups excluding carboxylic acids is 2. The molecule has 1 N–H and O–H groups in total. The van der Waals surface area contributed by atoms with Gasteiger partial charge in [0, 0.05) is 25.3 Å². The van der Waals surface area contributed by atoms with Crippen molar-refractivity contribution in [3.8, 4) is 11.4 Å². The molecule has 0 spiro atoms. The Hall–Kier alpha value is -3.13. The van der Waals surface area contributed by atoms with E-state index in [1.165, 1.54) is 22.2 Å². The molecule has 0 aliphatic heterocycles. The van der Waals surface area contributed by atoms with E-state index in [1.807, 2.05) is 55.8 Å². The van der Waals surface area contributed by atoms with Gasteiger partial charge in [-0.1, -0.05) is 75.0 Å². The maximum Gasteiger partial charge on any atom is 0.243 e. The van der Waals surface area contributed by atoms with Crippen molar-refractivity contribution in [3.63, 3.8) is 0 Å². The Labute approximate surface area is 206 Å². The monoisotopic (exact) mass is 479 g/mol. The molecule has 34 heavy (non-hydrogen) atoms. The lowest BCUT2D eigenvalue weighted by atomic mass is 9.87. The number of para-hydroxylation sites is 1. The summed E-state index contributed by atoms with van der Waals surface area (Å²) in [5.41, 5.74) is 5.09. The Morgan fingerprint density at radius 2 is 1.65 bits per heavy atom. The molecule has 0 atom stereocenters. The molecule has 0 radical (unpaired) electrons. The Balaban J connectivity index is 1.57. The number of aromatic nitrogens is 3. The summed E-state index contributed by atoms with van der Waals surface area (Å²) in [6.45, 7) is 10.4. The van der Waals surface area contributed by atoms with Crippen molar-refractivity contribution in [2.75, 3.05) is 24.7 Å². The Morgan fingerprint density at radius 3 is 2.24 bits per heavy atom. The van der Waals surface area contributed by atoms with Crippen molar-refractivity contribution in [2.45, 2.75) is 45.2 Å². The van der Waals surface area contributed by atoms with Crippen LogP contribution < -0.4 is 5.32 Å². The Bertz CT molecular complexity index is 1160. The molecule has 0 aliphatic carbocycles. The standard InChI is InChI=1S/C26H33N5O2S/c1-17-9-8-10-18(2)23(17)27-21(32)15-30(6)22(33)16-34-25-29-28-24(31(25)7)19-11-13-20(14-12-19)26(3,4)5/h8-14H,15-16H2,1-7H3,(H,27,32). The van der Waals surface area contributed by atoms with Crippen LogP contribution in [-0.4, -0.2) is 50.8 Å². The summed E-state index contributed by atoms with van der Waals surface area (Å²) in [7, 11) is 3.52. The van der Waals surface area contributed by atoms with E-state index in [2.05, 4.69) is 48.4 Å². The average Bonchev–Trinajstić information content (AvgIpc) is 3.14. The summed E-state index contributed by atoms with van der Waals surface area (Å²) in [6, 6.07) is 14.2. The van der Waals surface area contributed by atoms with E-state index >= 15 is 0 Å². The number of nitrogens with one attached hydrogen (secondary N) is 1. The quantitative estimate of drug-likeness (QED) is 0.502. The zero-order chi connectivity index (χ0) is 25.0. The molecule has 2 amide bonds. The van der Waals surface area contributed by atoms with Gasteiger partial charge in [0.2, 0.25) is 11.8 Å². The van der Waals surface area contributed by atoms with Gasteiger partial charge < -0.3 is 14.8 Å². The van der Waals surface area contributed by atoms with Gasteiger partial charge in [-0.2, -0.15) is 0 Å². The predicted octanol–water partition coefficient (Wildman–Crippen LogP) is 4.59. The molecule has 0 bridgehead atoms. The van der Waals surface area contributed by atoms with Gasteiger partial charge in [-0.15, -0.1) is 10.2 Å². The molecule has 3 aromatic rings. The number of hydrogen-bond acceptors (Lipinski definition) is 5. The molecule has 3 rings (SSSR count). The molecule has 0 unspecified atom stereocenters. The highest BCUT2D eigenvalue weighted by Gasteiger charge is 2.18. The molecular weight excluding hydrogens is 446 g/mol. The molecule has 2 aromatic carbocycles. The highest BCUT2D eigenvalue weighted by molar-refractivity contribution is 7.99. The van der Waals surface area contributed by atoms with Gasteiger partial charge in [0.1, 0.15) is 0 Å². The van der Waals surface area contributed by atoms with Gasteiger partial charge in [-0.25, -0.2) is 0 Å². The normalized spacial score (nSPS) is 11.4. The SMILES string of the molecule is Cc1cccc(C)c1NC(=O)CN(C)C(=O)CSc1nnc(-c2ccc(C(C)(C)C)cc2)n1C. The van der Waals surface area contributed by atoms with E-state index in [0.717, 1.165) is 28.2 Å². The third-order valence-electron chi connectivity index (χ3n) is 5.72. The lowest BCUT2D eigenvalue weighted by molar-refractivity contribution is -0.131. The van der Waals surface area contributed by atoms with Crippen LogP contribution in [0.1, 0.15) is 37.5 Å². The van der Waals surface area contributed by atoms with E-state index in [4.69, 9.17) is 0 Å². The molecule has 8 heteroatoms. The smallest absolute Gasteiger partial charge is 0.243 e. The number of hydrogen-bond donors (Lipinski definition) is 1. The van der Waals surface area contributed by atoms with E-state index in [1.54, 1.807) is 7.05 Å². The number of thioether (sulfide) groups is 1. The first-order valence-corrected chi connectivity index (χ1v) is 12.2. The molecule has 7 nitrogen and oxygen atoms in total. The Kier molecular flexibility index (Phi) is 7.82. The third-order valence-corrected chi connectivity index (χ3v) is 6.73. The van der Waals surface area contributed by atoms with Gasteiger partial charge >= 0.3 is 0 Å². The number of likely N-dealkylation sites (N-methyl/N-ethyl adjacent to an activating group) is 1. The summed E-state index contributed by atoms with van der Waals surface area (Å²) in [4.78, 5) is 26.5. The van der Waals surface area contributed by atoms with Gasteiger partial charge in [0.05, 0.1) is 12.3 Å². The first kappa shape index (κ1) is 25.5. The van der Waals surface area contributed by atoms with E-state index in [-0.39, 0.29) is 29.5 Å². The number of rotatable bonds is 7. The summed E-state index contributed by atoms with van der Waals surface area (Å²) >= 11 is 1.31. The minimum absolute atomic E-state index is 0.0165. The second kappa shape index (κ2) is 10.4. The van der Waals surface area contributed by atoms with Crippen LogP contribution in [0.15, 0.2) is 47.6 Å². The van der Waals surface area contributed by atoms with Crippen molar-refractivity contribution in [1.29, 1.82) is 0 Å².